The second-order valence-electron chi connectivity index (χ2n) is 4.39. The highest BCUT2D eigenvalue weighted by Gasteiger charge is 2.16. The molecule has 0 unspecified atom stereocenters. The summed E-state index contributed by atoms with van der Waals surface area (Å²) in [6.07, 6.45) is 3.20. The van der Waals surface area contributed by atoms with Crippen molar-refractivity contribution in [3.8, 4) is 0 Å². The van der Waals surface area contributed by atoms with Gasteiger partial charge in [0.05, 0.1) is 11.1 Å². The fourth-order valence-electron chi connectivity index (χ4n) is 1.64. The topological polar surface area (TPSA) is 101 Å². The SMILES string of the molecule is Cc1cc(S(=O)(=O)NCc2cn[nH]c2)cc(N)c1C. The molecule has 0 aliphatic heterocycles. The van der Waals surface area contributed by atoms with Crippen LogP contribution >= 0.6 is 0 Å². The van der Waals surface area contributed by atoms with Crippen LogP contribution in [0, 0.1) is 13.8 Å². The first-order valence-corrected chi connectivity index (χ1v) is 7.22. The van der Waals surface area contributed by atoms with Crippen LogP contribution in [0.2, 0.25) is 0 Å². The number of aryl methyl sites for hydroxylation is 1. The Morgan fingerprint density at radius 2 is 2.11 bits per heavy atom. The maximum Gasteiger partial charge on any atom is 0.240 e. The number of benzene rings is 1. The van der Waals surface area contributed by atoms with Crippen LogP contribution in [0.1, 0.15) is 16.7 Å². The molecule has 4 N–H and O–H groups in total. The van der Waals surface area contributed by atoms with Crippen molar-refractivity contribution in [3.63, 3.8) is 0 Å². The molecule has 0 atom stereocenters. The van der Waals surface area contributed by atoms with Gasteiger partial charge in [0, 0.05) is 24.0 Å². The summed E-state index contributed by atoms with van der Waals surface area (Å²) in [6.45, 7) is 3.88. The van der Waals surface area contributed by atoms with Gasteiger partial charge in [-0.05, 0) is 37.1 Å². The summed E-state index contributed by atoms with van der Waals surface area (Å²) in [5.41, 5.74) is 8.79. The van der Waals surface area contributed by atoms with Crippen molar-refractivity contribution in [2.45, 2.75) is 25.3 Å². The van der Waals surface area contributed by atoms with Gasteiger partial charge in [0.15, 0.2) is 0 Å². The molecule has 0 amide bonds. The van der Waals surface area contributed by atoms with Gasteiger partial charge in [-0.3, -0.25) is 5.10 Å². The number of nitrogen functional groups attached to an aromatic ring is 1. The average molecular weight is 280 g/mol. The summed E-state index contributed by atoms with van der Waals surface area (Å²) < 4.78 is 26.8. The lowest BCUT2D eigenvalue weighted by Gasteiger charge is -2.10. The van der Waals surface area contributed by atoms with E-state index in [0.29, 0.717) is 5.69 Å². The zero-order chi connectivity index (χ0) is 14.0. The van der Waals surface area contributed by atoms with Gasteiger partial charge in [-0.2, -0.15) is 5.10 Å². The molecular formula is C12H16N4O2S. The molecule has 0 fully saturated rings. The van der Waals surface area contributed by atoms with Crippen LogP contribution in [-0.4, -0.2) is 18.6 Å². The molecular weight excluding hydrogens is 264 g/mol. The smallest absolute Gasteiger partial charge is 0.240 e. The largest absolute Gasteiger partial charge is 0.398 e. The first-order valence-electron chi connectivity index (χ1n) is 5.74. The van der Waals surface area contributed by atoms with Gasteiger partial charge in [0.1, 0.15) is 0 Å². The molecule has 2 rings (SSSR count). The van der Waals surface area contributed by atoms with Gasteiger partial charge in [-0.25, -0.2) is 13.1 Å². The standard InChI is InChI=1S/C12H16N4O2S/c1-8-3-11(4-12(13)9(8)2)19(17,18)16-7-10-5-14-15-6-10/h3-6,16H,7,13H2,1-2H3,(H,14,15). The quantitative estimate of drug-likeness (QED) is 0.730. The molecule has 0 aliphatic rings. The van der Waals surface area contributed by atoms with E-state index in [4.69, 9.17) is 5.73 Å². The number of nitrogens with zero attached hydrogens (tertiary/aromatic N) is 1. The lowest BCUT2D eigenvalue weighted by atomic mass is 10.1. The zero-order valence-electron chi connectivity index (χ0n) is 10.8. The van der Waals surface area contributed by atoms with Gasteiger partial charge in [-0.15, -0.1) is 0 Å². The maximum absolute atomic E-state index is 12.1. The molecule has 1 aromatic heterocycles. The first-order chi connectivity index (χ1) is 8.90. The number of nitrogens with one attached hydrogen (secondary N) is 2. The Balaban J connectivity index is 2.24. The van der Waals surface area contributed by atoms with E-state index in [1.54, 1.807) is 18.5 Å². The summed E-state index contributed by atoms with van der Waals surface area (Å²) in [5.74, 6) is 0. The van der Waals surface area contributed by atoms with Crippen LogP contribution in [-0.2, 0) is 16.6 Å². The maximum atomic E-state index is 12.1. The molecule has 0 radical (unpaired) electrons. The number of sulfonamides is 1. The minimum atomic E-state index is -3.57. The number of aromatic nitrogens is 2. The molecule has 102 valence electrons. The van der Waals surface area contributed by atoms with Crippen molar-refractivity contribution < 1.29 is 8.42 Å². The monoisotopic (exact) mass is 280 g/mol. The van der Waals surface area contributed by atoms with Crippen LogP contribution in [0.15, 0.2) is 29.4 Å². The molecule has 0 aliphatic carbocycles. The second-order valence-corrected chi connectivity index (χ2v) is 6.15. The number of hydrogen-bond acceptors (Lipinski definition) is 4. The van der Waals surface area contributed by atoms with Gasteiger partial charge < -0.3 is 5.73 Å². The molecule has 7 heteroatoms. The van der Waals surface area contributed by atoms with E-state index in [1.165, 1.54) is 6.07 Å². The molecule has 0 saturated carbocycles. The highest BCUT2D eigenvalue weighted by Crippen LogP contribution is 2.21. The van der Waals surface area contributed by atoms with Crippen molar-refractivity contribution in [2.75, 3.05) is 5.73 Å². The van der Waals surface area contributed by atoms with E-state index < -0.39 is 10.0 Å². The minimum Gasteiger partial charge on any atom is -0.398 e. The van der Waals surface area contributed by atoms with Gasteiger partial charge >= 0.3 is 0 Å². The molecule has 0 spiro atoms. The van der Waals surface area contributed by atoms with Gasteiger partial charge in [0.25, 0.3) is 0 Å². The number of hydrogen-bond donors (Lipinski definition) is 3. The summed E-state index contributed by atoms with van der Waals surface area (Å²) in [5, 5.41) is 6.38. The van der Waals surface area contributed by atoms with Crippen molar-refractivity contribution in [1.82, 2.24) is 14.9 Å². The Morgan fingerprint density at radius 3 is 2.68 bits per heavy atom. The average Bonchev–Trinajstić information content (AvgIpc) is 2.86. The Hall–Kier alpha value is -1.86. The molecule has 0 saturated heterocycles. The zero-order valence-corrected chi connectivity index (χ0v) is 11.6. The summed E-state index contributed by atoms with van der Waals surface area (Å²) in [7, 11) is -3.57. The Kier molecular flexibility index (Phi) is 3.59. The minimum absolute atomic E-state index is 0.177. The number of anilines is 1. The van der Waals surface area contributed by atoms with Crippen LogP contribution in [0.25, 0.3) is 0 Å². The Bertz CT molecular complexity index is 655. The van der Waals surface area contributed by atoms with E-state index >= 15 is 0 Å². The number of aromatic amines is 1. The van der Waals surface area contributed by atoms with Crippen molar-refractivity contribution in [2.24, 2.45) is 0 Å². The normalized spacial score (nSPS) is 11.7. The predicted octanol–water partition coefficient (Wildman–Crippen LogP) is 1.09. The molecule has 1 heterocycles. The molecule has 19 heavy (non-hydrogen) atoms. The molecule has 1 aromatic carbocycles. The van der Waals surface area contributed by atoms with Crippen LogP contribution < -0.4 is 10.5 Å². The van der Waals surface area contributed by atoms with E-state index in [2.05, 4.69) is 14.9 Å². The molecule has 6 nitrogen and oxygen atoms in total. The van der Waals surface area contributed by atoms with E-state index in [-0.39, 0.29) is 11.4 Å². The van der Waals surface area contributed by atoms with Crippen molar-refractivity contribution >= 4 is 15.7 Å². The van der Waals surface area contributed by atoms with Gasteiger partial charge in [0.2, 0.25) is 10.0 Å². The lowest BCUT2D eigenvalue weighted by molar-refractivity contribution is 0.581. The fraction of sp³-hybridized carbons (Fsp3) is 0.250. The van der Waals surface area contributed by atoms with Crippen molar-refractivity contribution in [3.05, 3.63) is 41.2 Å². The number of nitrogens with two attached hydrogens (primary N) is 1. The third-order valence-corrected chi connectivity index (χ3v) is 4.39. The summed E-state index contributed by atoms with van der Waals surface area (Å²) >= 11 is 0. The second kappa shape index (κ2) is 5.02. The Morgan fingerprint density at radius 1 is 1.37 bits per heavy atom. The third kappa shape index (κ3) is 2.94. The Labute approximate surface area is 112 Å². The molecule has 2 aromatic rings. The van der Waals surface area contributed by atoms with E-state index in [1.807, 2.05) is 13.8 Å². The van der Waals surface area contributed by atoms with E-state index in [0.717, 1.165) is 16.7 Å². The summed E-state index contributed by atoms with van der Waals surface area (Å²) in [4.78, 5) is 0.177. The predicted molar refractivity (Wildman–Crippen MR) is 72.9 cm³/mol. The van der Waals surface area contributed by atoms with Crippen LogP contribution in [0.5, 0.6) is 0 Å². The summed E-state index contributed by atoms with van der Waals surface area (Å²) in [6, 6.07) is 3.09. The highest BCUT2D eigenvalue weighted by atomic mass is 32.2. The fourth-order valence-corrected chi connectivity index (χ4v) is 2.78. The highest BCUT2D eigenvalue weighted by molar-refractivity contribution is 7.89. The van der Waals surface area contributed by atoms with E-state index in [9.17, 15) is 8.42 Å². The number of H-pyrrole nitrogens is 1. The number of rotatable bonds is 4. The van der Waals surface area contributed by atoms with Crippen LogP contribution in [0.4, 0.5) is 5.69 Å². The lowest BCUT2D eigenvalue weighted by Crippen LogP contribution is -2.23. The van der Waals surface area contributed by atoms with Crippen LogP contribution in [0.3, 0.4) is 0 Å². The first kappa shape index (κ1) is 13.6. The van der Waals surface area contributed by atoms with Gasteiger partial charge in [-0.1, -0.05) is 0 Å². The third-order valence-electron chi connectivity index (χ3n) is 3.01. The molecule has 0 bridgehead atoms. The van der Waals surface area contributed by atoms with Crippen molar-refractivity contribution in [1.29, 1.82) is 0 Å².